The summed E-state index contributed by atoms with van der Waals surface area (Å²) in [5.74, 6) is -0.133. The highest BCUT2D eigenvalue weighted by Crippen LogP contribution is 2.27. The molecule has 0 spiro atoms. The number of rotatable bonds is 6. The number of carboxylic acid groups (broad SMARTS) is 1. The summed E-state index contributed by atoms with van der Waals surface area (Å²) >= 11 is 0. The molecule has 3 aromatic carbocycles. The molecule has 2 aromatic heterocycles. The smallest absolute Gasteiger partial charge is 0.336 e. The quantitative estimate of drug-likeness (QED) is 0.374. The van der Waals surface area contributed by atoms with Gasteiger partial charge in [-0.25, -0.2) is 9.78 Å². The van der Waals surface area contributed by atoms with Gasteiger partial charge in [0.15, 0.2) is 0 Å². The van der Waals surface area contributed by atoms with Crippen LogP contribution in [0.1, 0.15) is 27.2 Å². The van der Waals surface area contributed by atoms with Crippen molar-refractivity contribution in [3.8, 4) is 5.75 Å². The molecule has 32 heavy (non-hydrogen) atoms. The summed E-state index contributed by atoms with van der Waals surface area (Å²) < 4.78 is 8.12. The number of nitrogens with zero attached hydrogens (tertiary/aromatic N) is 2. The van der Waals surface area contributed by atoms with Crippen molar-refractivity contribution in [3.05, 3.63) is 107 Å². The first kappa shape index (κ1) is 19.8. The van der Waals surface area contributed by atoms with Gasteiger partial charge in [-0.05, 0) is 54.4 Å². The lowest BCUT2D eigenvalue weighted by Gasteiger charge is -2.10. The van der Waals surface area contributed by atoms with Gasteiger partial charge in [-0.15, -0.1) is 0 Å². The molecule has 158 valence electrons. The highest BCUT2D eigenvalue weighted by Gasteiger charge is 2.12. The molecule has 5 heteroatoms. The fourth-order valence-corrected chi connectivity index (χ4v) is 4.07. The second kappa shape index (κ2) is 8.19. The SMILES string of the molecule is Cc1cn(Cc2ccccc2C(=O)O)c2ccc(OCc3ccc4ccccc4n3)cc12. The predicted octanol–water partition coefficient (Wildman–Crippen LogP) is 5.82. The molecule has 1 N–H and O–H groups in total. The molecule has 0 saturated carbocycles. The zero-order chi connectivity index (χ0) is 22.1. The molecule has 0 fully saturated rings. The number of carboxylic acids is 1. The Hall–Kier alpha value is -4.12. The van der Waals surface area contributed by atoms with E-state index in [1.54, 1.807) is 12.1 Å². The molecule has 0 aliphatic heterocycles. The Morgan fingerprint density at radius 2 is 1.81 bits per heavy atom. The number of aryl methyl sites for hydroxylation is 1. The van der Waals surface area contributed by atoms with Crippen LogP contribution in [0.15, 0.2) is 85.1 Å². The molecule has 5 rings (SSSR count). The van der Waals surface area contributed by atoms with E-state index >= 15 is 0 Å². The van der Waals surface area contributed by atoms with Crippen LogP contribution in [-0.2, 0) is 13.2 Å². The van der Waals surface area contributed by atoms with Crippen molar-refractivity contribution in [1.82, 2.24) is 9.55 Å². The van der Waals surface area contributed by atoms with Crippen LogP contribution in [0.2, 0.25) is 0 Å². The van der Waals surface area contributed by atoms with Crippen LogP contribution in [0.5, 0.6) is 5.75 Å². The molecule has 5 nitrogen and oxygen atoms in total. The molecule has 0 bridgehead atoms. The number of hydrogen-bond acceptors (Lipinski definition) is 3. The number of fused-ring (bicyclic) bond motifs is 2. The van der Waals surface area contributed by atoms with Gasteiger partial charge in [0.1, 0.15) is 12.4 Å². The standard InChI is InChI=1S/C27H22N2O3/c1-18-15-29(16-20-7-2-4-8-23(20)27(30)31)26-13-12-22(14-24(18)26)32-17-21-11-10-19-6-3-5-9-25(19)28-21/h2-15H,16-17H2,1H3,(H,30,31). The first-order valence-corrected chi connectivity index (χ1v) is 10.5. The van der Waals surface area contributed by atoms with Crippen molar-refractivity contribution in [2.45, 2.75) is 20.1 Å². The van der Waals surface area contributed by atoms with E-state index in [4.69, 9.17) is 4.74 Å². The number of hydrogen-bond donors (Lipinski definition) is 1. The highest BCUT2D eigenvalue weighted by molar-refractivity contribution is 5.90. The minimum Gasteiger partial charge on any atom is -0.487 e. The third kappa shape index (κ3) is 3.81. The van der Waals surface area contributed by atoms with Crippen molar-refractivity contribution >= 4 is 27.8 Å². The zero-order valence-corrected chi connectivity index (χ0v) is 17.7. The Labute approximate surface area is 185 Å². The van der Waals surface area contributed by atoms with Gasteiger partial charge in [0.05, 0.1) is 16.8 Å². The lowest BCUT2D eigenvalue weighted by Crippen LogP contribution is -2.06. The first-order chi connectivity index (χ1) is 15.6. The van der Waals surface area contributed by atoms with E-state index in [1.165, 1.54) is 0 Å². The summed E-state index contributed by atoms with van der Waals surface area (Å²) in [6, 6.07) is 25.2. The Bertz CT molecular complexity index is 1450. The summed E-state index contributed by atoms with van der Waals surface area (Å²) in [4.78, 5) is 16.2. The number of benzene rings is 3. The molecule has 0 radical (unpaired) electrons. The van der Waals surface area contributed by atoms with E-state index in [-0.39, 0.29) is 0 Å². The number of ether oxygens (including phenoxy) is 1. The van der Waals surface area contributed by atoms with Gasteiger partial charge in [0, 0.05) is 29.0 Å². The van der Waals surface area contributed by atoms with Crippen molar-refractivity contribution < 1.29 is 14.6 Å². The Morgan fingerprint density at radius 3 is 2.69 bits per heavy atom. The maximum absolute atomic E-state index is 11.6. The average molecular weight is 422 g/mol. The van der Waals surface area contributed by atoms with Gasteiger partial charge in [-0.3, -0.25) is 0 Å². The molecule has 2 heterocycles. The molecular weight excluding hydrogens is 400 g/mol. The normalized spacial score (nSPS) is 11.2. The van der Waals surface area contributed by atoms with Crippen LogP contribution in [0.4, 0.5) is 0 Å². The number of aromatic nitrogens is 2. The Morgan fingerprint density at radius 1 is 1.00 bits per heavy atom. The van der Waals surface area contributed by atoms with E-state index in [0.717, 1.165) is 44.4 Å². The van der Waals surface area contributed by atoms with Gasteiger partial charge in [0.2, 0.25) is 0 Å². The Kier molecular flexibility index (Phi) is 5.07. The van der Waals surface area contributed by atoms with Crippen molar-refractivity contribution in [3.63, 3.8) is 0 Å². The van der Waals surface area contributed by atoms with Crippen molar-refractivity contribution in [2.75, 3.05) is 0 Å². The van der Waals surface area contributed by atoms with Crippen molar-refractivity contribution in [2.24, 2.45) is 0 Å². The molecule has 5 aromatic rings. The van der Waals surface area contributed by atoms with E-state index in [2.05, 4.69) is 28.7 Å². The van der Waals surface area contributed by atoms with Gasteiger partial charge in [-0.2, -0.15) is 0 Å². The van der Waals surface area contributed by atoms with Gasteiger partial charge < -0.3 is 14.4 Å². The van der Waals surface area contributed by atoms with Crippen molar-refractivity contribution in [1.29, 1.82) is 0 Å². The van der Waals surface area contributed by atoms with Crippen LogP contribution >= 0.6 is 0 Å². The van der Waals surface area contributed by atoms with Gasteiger partial charge in [-0.1, -0.05) is 42.5 Å². The number of para-hydroxylation sites is 1. The van der Waals surface area contributed by atoms with E-state index < -0.39 is 5.97 Å². The summed E-state index contributed by atoms with van der Waals surface area (Å²) in [5, 5.41) is 11.7. The molecule has 0 unspecified atom stereocenters. The third-order valence-corrected chi connectivity index (χ3v) is 5.68. The Balaban J connectivity index is 1.39. The van der Waals surface area contributed by atoms with E-state index in [0.29, 0.717) is 18.7 Å². The number of aromatic carboxylic acids is 1. The highest BCUT2D eigenvalue weighted by atomic mass is 16.5. The predicted molar refractivity (Wildman–Crippen MR) is 125 cm³/mol. The molecule has 0 saturated heterocycles. The van der Waals surface area contributed by atoms with Crippen LogP contribution in [0, 0.1) is 6.92 Å². The summed E-state index contributed by atoms with van der Waals surface area (Å²) in [6.45, 7) is 2.94. The lowest BCUT2D eigenvalue weighted by atomic mass is 10.1. The minimum absolute atomic E-state index is 0.329. The molecule has 0 atom stereocenters. The molecular formula is C27H22N2O3. The zero-order valence-electron chi connectivity index (χ0n) is 17.7. The lowest BCUT2D eigenvalue weighted by molar-refractivity contribution is 0.0695. The summed E-state index contributed by atoms with van der Waals surface area (Å²) in [6.07, 6.45) is 2.05. The molecule has 0 aliphatic carbocycles. The van der Waals surface area contributed by atoms with Crippen LogP contribution in [0.25, 0.3) is 21.8 Å². The molecule has 0 aliphatic rings. The number of pyridine rings is 1. The topological polar surface area (TPSA) is 64.4 Å². The average Bonchev–Trinajstić information content (AvgIpc) is 3.12. The first-order valence-electron chi connectivity index (χ1n) is 10.5. The maximum atomic E-state index is 11.6. The van der Waals surface area contributed by atoms with E-state index in [9.17, 15) is 9.90 Å². The monoisotopic (exact) mass is 422 g/mol. The minimum atomic E-state index is -0.910. The maximum Gasteiger partial charge on any atom is 0.336 e. The second-order valence-corrected chi connectivity index (χ2v) is 7.87. The van der Waals surface area contributed by atoms with Crippen LogP contribution < -0.4 is 4.74 Å². The second-order valence-electron chi connectivity index (χ2n) is 7.87. The van der Waals surface area contributed by atoms with Gasteiger partial charge in [0.25, 0.3) is 0 Å². The fourth-order valence-electron chi connectivity index (χ4n) is 4.07. The largest absolute Gasteiger partial charge is 0.487 e. The fraction of sp³-hybridized carbons (Fsp3) is 0.111. The van der Waals surface area contributed by atoms with Crippen LogP contribution in [0.3, 0.4) is 0 Å². The summed E-state index contributed by atoms with van der Waals surface area (Å²) in [5.41, 5.74) is 5.09. The molecule has 0 amide bonds. The number of carbonyl (C=O) groups is 1. The van der Waals surface area contributed by atoms with Crippen LogP contribution in [-0.4, -0.2) is 20.6 Å². The van der Waals surface area contributed by atoms with Gasteiger partial charge >= 0.3 is 5.97 Å². The third-order valence-electron chi connectivity index (χ3n) is 5.68. The van der Waals surface area contributed by atoms with E-state index in [1.807, 2.05) is 60.7 Å². The summed E-state index contributed by atoms with van der Waals surface area (Å²) in [7, 11) is 0.